The first-order valence-electron chi connectivity index (χ1n) is 38.1. The maximum Gasteiger partial charge on any atom is 0.248 e. The number of halogens is 5. The average molecular weight is 1710 g/mol. The van der Waals surface area contributed by atoms with Gasteiger partial charge in [-0.2, -0.15) is 10.5 Å². The molecule has 612 valence electrons. The first kappa shape index (κ1) is 85.5. The quantitative estimate of drug-likeness (QED) is 0.0519. The number of aromatic nitrogens is 1. The molecule has 4 aliphatic rings. The Hall–Kier alpha value is -14.4. The zero-order chi connectivity index (χ0) is 86.3. The Kier molecular flexibility index (Phi) is 27.3. The summed E-state index contributed by atoms with van der Waals surface area (Å²) in [5.74, 6) is 0.438. The number of amides is 8. The van der Waals surface area contributed by atoms with Crippen molar-refractivity contribution in [3.63, 3.8) is 0 Å². The van der Waals surface area contributed by atoms with Crippen LogP contribution in [0.3, 0.4) is 0 Å². The highest BCUT2D eigenvalue weighted by Gasteiger charge is 2.38. The van der Waals surface area contributed by atoms with Gasteiger partial charge in [-0.15, -0.1) is 0 Å². The van der Waals surface area contributed by atoms with Crippen molar-refractivity contribution in [3.8, 4) is 52.4 Å². The van der Waals surface area contributed by atoms with Crippen molar-refractivity contribution in [1.82, 2.24) is 4.98 Å². The van der Waals surface area contributed by atoms with Gasteiger partial charge >= 0.3 is 0 Å². The summed E-state index contributed by atoms with van der Waals surface area (Å²) in [6.45, 7) is 2.06. The van der Waals surface area contributed by atoms with Gasteiger partial charge in [0, 0.05) is 170 Å². The van der Waals surface area contributed by atoms with Gasteiger partial charge in [-0.25, -0.2) is 4.39 Å². The van der Waals surface area contributed by atoms with Gasteiger partial charge in [0.05, 0.1) is 29.5 Å². The summed E-state index contributed by atoms with van der Waals surface area (Å²) < 4.78 is 37.5. The first-order chi connectivity index (χ1) is 58.8. The lowest BCUT2D eigenvalue weighted by atomic mass is 9.97. The summed E-state index contributed by atoms with van der Waals surface area (Å²) in [6.07, 6.45) is 4.48. The van der Waals surface area contributed by atoms with E-state index >= 15 is 0 Å². The van der Waals surface area contributed by atoms with Crippen LogP contribution in [0, 0.1) is 28.5 Å². The standard InChI is InChI=1S/C25H20ClN3O3.C24H18ClN3O3.C23H18ClFN2O3.C22H18ClN3O3/c26-20-8-9-22(23(12-20)32-15-17-6-4-16(13-27)5-7-17)19-11-24(30)29(14-19)21-3-1-2-18(10-21)25(28)31;25-18-7-8-21(22(12-18)31-20-6-1-3-15(9-20)13-26)17-11-23(29)28(14-17)19-5-2-4-16(10-19)24(27)30;24-16-7-8-20(21(11-16)30-19-6-2-4-17(25)12-19)15-10-22(28)27(13-15)18-5-1-3-14(9-18)23(26)29;23-16-6-7-19(20(11-16)29-18-5-2-8-25-12-18)15-10-21(27)26(13-15)17-4-1-3-14(9-17)22(24)28/h1-10,12,19H,11,14-15H2,(H2,28,31);1-10,12,17H,11,14H2,(H2,27,30);1-9,11-12,15H,10,13H2,(H2,26,29);1-9,11-12,15H,10,13H2,(H2,24,28)/t19-;17-;2*15-/m0000/s1. The van der Waals surface area contributed by atoms with E-state index < -0.39 is 29.4 Å². The number of pyridine rings is 1. The molecule has 8 amide bonds. The number of nitrogens with zero attached hydrogens (tertiary/aromatic N) is 7. The first-order valence-corrected chi connectivity index (χ1v) is 39.6. The Morgan fingerprint density at radius 2 is 0.705 bits per heavy atom. The summed E-state index contributed by atoms with van der Waals surface area (Å²) in [5.41, 5.74) is 30.8. The van der Waals surface area contributed by atoms with Gasteiger partial charge < -0.3 is 61.5 Å². The number of ether oxygens (including phenoxy) is 4. The normalized spacial score (nSPS) is 15.8. The van der Waals surface area contributed by atoms with Gasteiger partial charge in [-0.1, -0.05) is 119 Å². The van der Waals surface area contributed by atoms with Crippen LogP contribution in [0.1, 0.15) is 130 Å². The molecule has 28 heteroatoms. The average Bonchev–Trinajstić information content (AvgIpc) is 1.66. The fourth-order valence-corrected chi connectivity index (χ4v) is 15.2. The number of rotatable bonds is 21. The third-order valence-corrected chi connectivity index (χ3v) is 21.4. The molecule has 0 saturated carbocycles. The molecule has 4 atom stereocenters. The molecule has 1 aromatic heterocycles. The van der Waals surface area contributed by atoms with Crippen LogP contribution in [0.25, 0.3) is 0 Å². The Balaban J connectivity index is 0.000000140. The van der Waals surface area contributed by atoms with Crippen molar-refractivity contribution in [2.75, 3.05) is 45.8 Å². The number of anilines is 4. The van der Waals surface area contributed by atoms with Gasteiger partial charge in [-0.3, -0.25) is 43.3 Å². The van der Waals surface area contributed by atoms with Crippen LogP contribution in [0.5, 0.6) is 40.2 Å². The van der Waals surface area contributed by atoms with Crippen molar-refractivity contribution < 1.29 is 61.7 Å². The highest BCUT2D eigenvalue weighted by Crippen LogP contribution is 2.45. The van der Waals surface area contributed by atoms with Gasteiger partial charge in [0.2, 0.25) is 47.3 Å². The van der Waals surface area contributed by atoms with E-state index in [-0.39, 0.29) is 60.1 Å². The predicted octanol–water partition coefficient (Wildman–Crippen LogP) is 18.1. The lowest BCUT2D eigenvalue weighted by molar-refractivity contribution is -0.118. The maximum absolute atomic E-state index is 13.5. The molecule has 122 heavy (non-hydrogen) atoms. The molecular formula is C94H74Cl4FN11O12. The lowest BCUT2D eigenvalue weighted by Crippen LogP contribution is -2.25. The van der Waals surface area contributed by atoms with Gasteiger partial charge in [0.15, 0.2) is 0 Å². The number of carbonyl (C=O) groups is 8. The molecule has 4 aliphatic heterocycles. The predicted molar refractivity (Wildman–Crippen MR) is 462 cm³/mol. The molecule has 0 bridgehead atoms. The SMILES string of the molecule is N#Cc1ccc(COc2cc(Cl)ccc2[C@H]2CC(=O)N(c3cccc(C(N)=O)c3)C2)cc1.N#Cc1cccc(Oc2cc(Cl)ccc2[C@H]2CC(=O)N(c3cccc(C(N)=O)c3)C2)c1.NC(=O)c1cccc(N2C[C@@H](c3ccc(Cl)cc3Oc3cccc(F)c3)CC2=O)c1.NC(=O)c1cccc(N2C[C@@H](c3ccc(Cl)cc3Oc3cccnc3)CC2=O)c1. The number of carbonyl (C=O) groups excluding carboxylic acids is 8. The number of primary amides is 4. The molecule has 16 rings (SSSR count). The molecule has 4 saturated heterocycles. The fraction of sp³-hybridized carbons (Fsp3) is 0.138. The van der Waals surface area contributed by atoms with Crippen LogP contribution in [0.15, 0.2) is 267 Å². The second-order valence-electron chi connectivity index (χ2n) is 28.7. The summed E-state index contributed by atoms with van der Waals surface area (Å²) in [5, 5.41) is 20.1. The number of hydrogen-bond acceptors (Lipinski definition) is 15. The molecule has 12 aromatic rings. The van der Waals surface area contributed by atoms with E-state index in [2.05, 4.69) is 17.1 Å². The van der Waals surface area contributed by atoms with Crippen LogP contribution < -0.4 is 61.5 Å². The molecule has 5 heterocycles. The third kappa shape index (κ3) is 21.4. The highest BCUT2D eigenvalue weighted by molar-refractivity contribution is 6.31. The monoisotopic (exact) mass is 1710 g/mol. The zero-order valence-electron chi connectivity index (χ0n) is 64.8. The van der Waals surface area contributed by atoms with Crippen LogP contribution in [0.4, 0.5) is 27.1 Å². The van der Waals surface area contributed by atoms with Crippen LogP contribution >= 0.6 is 46.4 Å². The number of nitrogens with two attached hydrogens (primary N) is 4. The molecule has 0 spiro atoms. The van der Waals surface area contributed by atoms with E-state index in [0.717, 1.165) is 27.8 Å². The summed E-state index contributed by atoms with van der Waals surface area (Å²) in [6, 6.07) is 75.9. The number of hydrogen-bond donors (Lipinski definition) is 4. The molecule has 0 aliphatic carbocycles. The van der Waals surface area contributed by atoms with Crippen molar-refractivity contribution in [2.24, 2.45) is 22.9 Å². The van der Waals surface area contributed by atoms with Crippen molar-refractivity contribution >= 4 is 116 Å². The van der Waals surface area contributed by atoms with E-state index in [0.29, 0.717) is 162 Å². The molecular weight excluding hydrogens is 1640 g/mol. The summed E-state index contributed by atoms with van der Waals surface area (Å²) >= 11 is 24.7. The topological polar surface area (TPSA) is 351 Å². The molecule has 4 fully saturated rings. The summed E-state index contributed by atoms with van der Waals surface area (Å²) in [4.78, 5) is 108. The van der Waals surface area contributed by atoms with Crippen molar-refractivity contribution in [3.05, 3.63) is 354 Å². The van der Waals surface area contributed by atoms with E-state index in [4.69, 9.17) is 98.8 Å². The molecule has 11 aromatic carbocycles. The molecule has 8 N–H and O–H groups in total. The lowest BCUT2D eigenvalue weighted by Gasteiger charge is -2.19. The van der Waals surface area contributed by atoms with Gasteiger partial charge in [0.1, 0.15) is 52.7 Å². The maximum atomic E-state index is 13.5. The second-order valence-corrected chi connectivity index (χ2v) is 30.4. The van der Waals surface area contributed by atoms with Gasteiger partial charge in [0.25, 0.3) is 0 Å². The van der Waals surface area contributed by atoms with Crippen molar-refractivity contribution in [1.29, 1.82) is 10.5 Å². The molecule has 23 nitrogen and oxygen atoms in total. The van der Waals surface area contributed by atoms with Crippen LogP contribution in [-0.4, -0.2) is 78.4 Å². The minimum absolute atomic E-state index is 0.0288. The van der Waals surface area contributed by atoms with Crippen LogP contribution in [0.2, 0.25) is 20.1 Å². The minimum Gasteiger partial charge on any atom is -0.489 e. The summed E-state index contributed by atoms with van der Waals surface area (Å²) in [7, 11) is 0. The Bertz CT molecular complexity index is 6110. The van der Waals surface area contributed by atoms with Gasteiger partial charge in [-0.05, 0) is 187 Å². The van der Waals surface area contributed by atoms with E-state index in [1.54, 1.807) is 238 Å². The Morgan fingerprint density at radius 1 is 0.377 bits per heavy atom. The largest absolute Gasteiger partial charge is 0.489 e. The second kappa shape index (κ2) is 39.0. The zero-order valence-corrected chi connectivity index (χ0v) is 67.8. The Labute approximate surface area is 720 Å². The van der Waals surface area contributed by atoms with E-state index in [1.807, 2.05) is 36.4 Å². The number of benzene rings is 11. The van der Waals surface area contributed by atoms with E-state index in [1.165, 1.54) is 12.1 Å². The number of nitriles is 2. The highest BCUT2D eigenvalue weighted by atomic mass is 35.5. The fourth-order valence-electron chi connectivity index (χ4n) is 14.5. The van der Waals surface area contributed by atoms with E-state index in [9.17, 15) is 42.7 Å². The third-order valence-electron chi connectivity index (χ3n) is 20.5. The molecule has 0 radical (unpaired) electrons. The van der Waals surface area contributed by atoms with Crippen LogP contribution in [-0.2, 0) is 25.8 Å². The molecule has 0 unspecified atom stereocenters. The minimum atomic E-state index is -0.552. The smallest absolute Gasteiger partial charge is 0.248 e. The Morgan fingerprint density at radius 3 is 1.05 bits per heavy atom. The van der Waals surface area contributed by atoms with Crippen molar-refractivity contribution in [2.45, 2.75) is 56.0 Å².